The highest BCUT2D eigenvalue weighted by atomic mass is 19.1. The summed E-state index contributed by atoms with van der Waals surface area (Å²) in [6.45, 7) is 1.82. The van der Waals surface area contributed by atoms with Gasteiger partial charge in [0.15, 0.2) is 0 Å². The van der Waals surface area contributed by atoms with Crippen molar-refractivity contribution >= 4 is 0 Å². The first kappa shape index (κ1) is 11.7. The van der Waals surface area contributed by atoms with Crippen LogP contribution in [0.25, 0.3) is 0 Å². The number of rotatable bonds is 2. The minimum atomic E-state index is -0.603. The summed E-state index contributed by atoms with van der Waals surface area (Å²) in [5.74, 6) is -1.71. The van der Waals surface area contributed by atoms with E-state index < -0.39 is 11.6 Å². The lowest BCUT2D eigenvalue weighted by atomic mass is 9.93. The van der Waals surface area contributed by atoms with Crippen molar-refractivity contribution in [3.63, 3.8) is 0 Å². The van der Waals surface area contributed by atoms with Crippen molar-refractivity contribution in [3.8, 4) is 0 Å². The van der Waals surface area contributed by atoms with Gasteiger partial charge in [-0.05, 0) is 35.4 Å². The molecule has 0 radical (unpaired) electrons. The maximum atomic E-state index is 13.1. The molecular formula is C14H11F3. The molecule has 0 saturated carbocycles. The van der Waals surface area contributed by atoms with Crippen molar-refractivity contribution in [2.75, 3.05) is 0 Å². The van der Waals surface area contributed by atoms with E-state index in [-0.39, 0.29) is 11.7 Å². The van der Waals surface area contributed by atoms with Gasteiger partial charge in [-0.3, -0.25) is 0 Å². The molecule has 88 valence electrons. The van der Waals surface area contributed by atoms with E-state index in [9.17, 15) is 13.2 Å². The van der Waals surface area contributed by atoms with Gasteiger partial charge in [-0.15, -0.1) is 0 Å². The molecule has 0 spiro atoms. The van der Waals surface area contributed by atoms with Crippen LogP contribution in [0.5, 0.6) is 0 Å². The molecule has 2 aromatic carbocycles. The van der Waals surface area contributed by atoms with Gasteiger partial charge in [0.2, 0.25) is 0 Å². The van der Waals surface area contributed by atoms with Crippen LogP contribution in [-0.2, 0) is 0 Å². The van der Waals surface area contributed by atoms with Gasteiger partial charge >= 0.3 is 0 Å². The van der Waals surface area contributed by atoms with Crippen LogP contribution in [0.2, 0.25) is 0 Å². The van der Waals surface area contributed by atoms with Crippen LogP contribution in [0.4, 0.5) is 13.2 Å². The monoisotopic (exact) mass is 236 g/mol. The Kier molecular flexibility index (Phi) is 3.18. The largest absolute Gasteiger partial charge is 0.207 e. The predicted octanol–water partition coefficient (Wildman–Crippen LogP) is 4.26. The Morgan fingerprint density at radius 3 is 1.76 bits per heavy atom. The normalized spacial score (nSPS) is 12.5. The fourth-order valence-corrected chi connectivity index (χ4v) is 1.77. The number of hydrogen-bond acceptors (Lipinski definition) is 0. The van der Waals surface area contributed by atoms with Crippen LogP contribution in [0.3, 0.4) is 0 Å². The van der Waals surface area contributed by atoms with Gasteiger partial charge in [0, 0.05) is 12.0 Å². The molecule has 2 rings (SSSR count). The van der Waals surface area contributed by atoms with Gasteiger partial charge < -0.3 is 0 Å². The van der Waals surface area contributed by atoms with E-state index in [4.69, 9.17) is 0 Å². The Labute approximate surface area is 97.7 Å². The van der Waals surface area contributed by atoms with E-state index in [1.54, 1.807) is 12.1 Å². The fourth-order valence-electron chi connectivity index (χ4n) is 1.77. The first-order chi connectivity index (χ1) is 8.06. The summed E-state index contributed by atoms with van der Waals surface area (Å²) in [5.41, 5.74) is 1.35. The molecule has 0 bridgehead atoms. The van der Waals surface area contributed by atoms with E-state index >= 15 is 0 Å². The lowest BCUT2D eigenvalue weighted by Gasteiger charge is -2.12. The van der Waals surface area contributed by atoms with Crippen LogP contribution in [-0.4, -0.2) is 0 Å². The maximum absolute atomic E-state index is 13.1. The van der Waals surface area contributed by atoms with Crippen molar-refractivity contribution in [1.29, 1.82) is 0 Å². The molecule has 0 aliphatic carbocycles. The maximum Gasteiger partial charge on any atom is 0.126 e. The summed E-state index contributed by atoms with van der Waals surface area (Å²) in [5, 5.41) is 0. The average Bonchev–Trinajstić information content (AvgIpc) is 2.28. The van der Waals surface area contributed by atoms with Gasteiger partial charge in [0.05, 0.1) is 0 Å². The second-order valence-electron chi connectivity index (χ2n) is 3.98. The first-order valence-corrected chi connectivity index (χ1v) is 5.28. The molecule has 0 aromatic heterocycles. The molecule has 0 N–H and O–H groups in total. The van der Waals surface area contributed by atoms with E-state index in [0.717, 1.165) is 11.6 Å². The summed E-state index contributed by atoms with van der Waals surface area (Å²) in [7, 11) is 0. The topological polar surface area (TPSA) is 0 Å². The van der Waals surface area contributed by atoms with Crippen molar-refractivity contribution in [3.05, 3.63) is 71.0 Å². The molecule has 0 saturated heterocycles. The lowest BCUT2D eigenvalue weighted by molar-refractivity contribution is 0.578. The summed E-state index contributed by atoms with van der Waals surface area (Å²) < 4.78 is 38.9. The third kappa shape index (κ3) is 2.67. The molecule has 0 fully saturated rings. The summed E-state index contributed by atoms with van der Waals surface area (Å²) in [6, 6.07) is 9.31. The van der Waals surface area contributed by atoms with Crippen molar-refractivity contribution in [1.82, 2.24) is 0 Å². The van der Waals surface area contributed by atoms with E-state index in [0.29, 0.717) is 5.56 Å². The molecule has 0 aliphatic heterocycles. The van der Waals surface area contributed by atoms with Crippen molar-refractivity contribution < 1.29 is 13.2 Å². The zero-order chi connectivity index (χ0) is 12.4. The Morgan fingerprint density at radius 2 is 1.24 bits per heavy atom. The second-order valence-corrected chi connectivity index (χ2v) is 3.98. The molecule has 0 aliphatic rings. The van der Waals surface area contributed by atoms with Gasteiger partial charge in [0.1, 0.15) is 17.5 Å². The van der Waals surface area contributed by atoms with Gasteiger partial charge in [-0.2, -0.15) is 0 Å². The zero-order valence-electron chi connectivity index (χ0n) is 9.25. The second kappa shape index (κ2) is 4.62. The van der Waals surface area contributed by atoms with Gasteiger partial charge in [-0.1, -0.05) is 19.1 Å². The highest BCUT2D eigenvalue weighted by molar-refractivity contribution is 5.32. The van der Waals surface area contributed by atoms with Crippen LogP contribution in [0, 0.1) is 17.5 Å². The minimum absolute atomic E-state index is 0.180. The molecule has 17 heavy (non-hydrogen) atoms. The molecular weight excluding hydrogens is 225 g/mol. The predicted molar refractivity (Wildman–Crippen MR) is 60.3 cm³/mol. The summed E-state index contributed by atoms with van der Waals surface area (Å²) in [4.78, 5) is 0. The Balaban J connectivity index is 2.36. The molecule has 1 atom stereocenters. The van der Waals surface area contributed by atoms with E-state index in [2.05, 4.69) is 0 Å². The Hall–Kier alpha value is -1.77. The quantitative estimate of drug-likeness (QED) is 0.731. The minimum Gasteiger partial charge on any atom is -0.207 e. The lowest BCUT2D eigenvalue weighted by Crippen LogP contribution is -1.98. The summed E-state index contributed by atoms with van der Waals surface area (Å²) in [6.07, 6.45) is 0. The van der Waals surface area contributed by atoms with E-state index in [1.807, 2.05) is 6.92 Å². The molecule has 2 aromatic rings. The zero-order valence-corrected chi connectivity index (χ0v) is 9.25. The van der Waals surface area contributed by atoms with Gasteiger partial charge in [0.25, 0.3) is 0 Å². The Bertz CT molecular complexity index is 497. The average molecular weight is 236 g/mol. The standard InChI is InChI=1S/C14H11F3/c1-9(10-2-4-12(15)5-3-10)11-6-13(16)8-14(17)7-11/h2-9H,1H3. The van der Waals surface area contributed by atoms with Crippen LogP contribution >= 0.6 is 0 Å². The van der Waals surface area contributed by atoms with E-state index in [1.165, 1.54) is 24.3 Å². The third-order valence-electron chi connectivity index (χ3n) is 2.75. The van der Waals surface area contributed by atoms with Gasteiger partial charge in [-0.25, -0.2) is 13.2 Å². The molecule has 0 amide bonds. The first-order valence-electron chi connectivity index (χ1n) is 5.28. The fraction of sp³-hybridized carbons (Fsp3) is 0.143. The SMILES string of the molecule is CC(c1ccc(F)cc1)c1cc(F)cc(F)c1. The number of halogens is 3. The molecule has 3 heteroatoms. The third-order valence-corrected chi connectivity index (χ3v) is 2.75. The van der Waals surface area contributed by atoms with Crippen LogP contribution < -0.4 is 0 Å². The smallest absolute Gasteiger partial charge is 0.126 e. The molecule has 0 nitrogen and oxygen atoms in total. The van der Waals surface area contributed by atoms with Crippen LogP contribution in [0.15, 0.2) is 42.5 Å². The summed E-state index contributed by atoms with van der Waals surface area (Å²) >= 11 is 0. The number of benzene rings is 2. The molecule has 1 unspecified atom stereocenters. The van der Waals surface area contributed by atoms with Crippen molar-refractivity contribution in [2.45, 2.75) is 12.8 Å². The molecule has 0 heterocycles. The highest BCUT2D eigenvalue weighted by Gasteiger charge is 2.11. The number of hydrogen-bond donors (Lipinski definition) is 0. The van der Waals surface area contributed by atoms with Crippen molar-refractivity contribution in [2.24, 2.45) is 0 Å². The van der Waals surface area contributed by atoms with Crippen LogP contribution in [0.1, 0.15) is 24.0 Å². The Morgan fingerprint density at radius 1 is 0.706 bits per heavy atom. The highest BCUT2D eigenvalue weighted by Crippen LogP contribution is 2.25.